The molecule has 1 aromatic carbocycles. The molecule has 0 amide bonds. The first-order valence-corrected chi connectivity index (χ1v) is 5.68. The highest BCUT2D eigenvalue weighted by molar-refractivity contribution is 5.45. The van der Waals surface area contributed by atoms with Crippen LogP contribution < -0.4 is 20.5 Å². The zero-order valence-corrected chi connectivity index (χ0v) is 11.0. The molecular weight excluding hydrogens is 216 g/mol. The van der Waals surface area contributed by atoms with Crippen molar-refractivity contribution in [3.63, 3.8) is 0 Å². The molecule has 0 fully saturated rings. The average Bonchev–Trinajstić information content (AvgIpc) is 2.35. The molecule has 0 unspecified atom stereocenters. The van der Waals surface area contributed by atoms with Crippen molar-refractivity contribution in [2.45, 2.75) is 19.3 Å². The molecule has 96 valence electrons. The fourth-order valence-electron chi connectivity index (χ4n) is 1.74. The predicted molar refractivity (Wildman–Crippen MR) is 69.6 cm³/mol. The van der Waals surface area contributed by atoms with Crippen molar-refractivity contribution in [3.8, 4) is 11.5 Å². The van der Waals surface area contributed by atoms with Crippen molar-refractivity contribution < 1.29 is 9.47 Å². The smallest absolute Gasteiger partial charge is 0.161 e. The number of nitrogens with two attached hydrogens (primary N) is 1. The van der Waals surface area contributed by atoms with Crippen molar-refractivity contribution >= 4 is 0 Å². The van der Waals surface area contributed by atoms with Gasteiger partial charge in [-0.2, -0.15) is 0 Å². The summed E-state index contributed by atoms with van der Waals surface area (Å²) in [5.74, 6) is 1.50. The van der Waals surface area contributed by atoms with Crippen molar-refractivity contribution in [3.05, 3.63) is 23.8 Å². The van der Waals surface area contributed by atoms with E-state index in [0.29, 0.717) is 6.67 Å². The number of hydrogen-bond acceptors (Lipinski definition) is 4. The van der Waals surface area contributed by atoms with Crippen LogP contribution in [0.1, 0.15) is 19.4 Å². The summed E-state index contributed by atoms with van der Waals surface area (Å²) < 4.78 is 10.5. The second kappa shape index (κ2) is 5.89. The Morgan fingerprint density at radius 2 is 1.82 bits per heavy atom. The molecule has 0 aliphatic rings. The number of benzene rings is 1. The minimum atomic E-state index is -0.00107. The topological polar surface area (TPSA) is 56.5 Å². The van der Waals surface area contributed by atoms with E-state index in [-0.39, 0.29) is 5.41 Å². The predicted octanol–water partition coefficient (Wildman–Crippen LogP) is 1.49. The molecule has 0 heterocycles. The normalized spacial score (nSPS) is 11.4. The van der Waals surface area contributed by atoms with Gasteiger partial charge in [0.2, 0.25) is 0 Å². The van der Waals surface area contributed by atoms with Gasteiger partial charge in [0.25, 0.3) is 0 Å². The molecule has 3 N–H and O–H groups in total. The van der Waals surface area contributed by atoms with E-state index in [2.05, 4.69) is 25.2 Å². The maximum atomic E-state index is 5.46. The number of nitrogens with one attached hydrogen (secondary N) is 1. The fourth-order valence-corrected chi connectivity index (χ4v) is 1.74. The lowest BCUT2D eigenvalue weighted by Crippen LogP contribution is -2.35. The first-order valence-electron chi connectivity index (χ1n) is 5.68. The SMILES string of the molecule is COc1ccc(C(C)(C)CNCN)cc1OC. The molecule has 0 radical (unpaired) electrons. The Bertz CT molecular complexity index is 364. The Morgan fingerprint density at radius 3 is 2.35 bits per heavy atom. The number of hydrogen-bond donors (Lipinski definition) is 2. The lowest BCUT2D eigenvalue weighted by atomic mass is 9.84. The van der Waals surface area contributed by atoms with Crippen molar-refractivity contribution in [1.82, 2.24) is 5.32 Å². The lowest BCUT2D eigenvalue weighted by Gasteiger charge is -2.26. The van der Waals surface area contributed by atoms with Crippen molar-refractivity contribution in [1.29, 1.82) is 0 Å². The van der Waals surface area contributed by atoms with Gasteiger partial charge in [-0.15, -0.1) is 0 Å². The average molecular weight is 238 g/mol. The minimum absolute atomic E-state index is 0.00107. The molecule has 0 aliphatic carbocycles. The molecule has 0 saturated carbocycles. The van der Waals surface area contributed by atoms with Crippen LogP contribution in [0.25, 0.3) is 0 Å². The van der Waals surface area contributed by atoms with Gasteiger partial charge in [-0.1, -0.05) is 19.9 Å². The van der Waals surface area contributed by atoms with Crippen LogP contribution >= 0.6 is 0 Å². The van der Waals surface area contributed by atoms with Crippen LogP contribution in [-0.2, 0) is 5.41 Å². The molecule has 0 atom stereocenters. The monoisotopic (exact) mass is 238 g/mol. The molecule has 0 saturated heterocycles. The summed E-state index contributed by atoms with van der Waals surface area (Å²) >= 11 is 0. The van der Waals surface area contributed by atoms with Gasteiger partial charge >= 0.3 is 0 Å². The minimum Gasteiger partial charge on any atom is -0.493 e. The van der Waals surface area contributed by atoms with E-state index in [4.69, 9.17) is 15.2 Å². The summed E-state index contributed by atoms with van der Waals surface area (Å²) in [5.41, 5.74) is 6.65. The highest BCUT2D eigenvalue weighted by Gasteiger charge is 2.21. The van der Waals surface area contributed by atoms with Gasteiger partial charge in [-0.3, -0.25) is 0 Å². The van der Waals surface area contributed by atoms with Gasteiger partial charge in [0.1, 0.15) is 0 Å². The number of rotatable bonds is 6. The van der Waals surface area contributed by atoms with Crippen LogP contribution in [0.2, 0.25) is 0 Å². The molecule has 0 bridgehead atoms. The van der Waals surface area contributed by atoms with Crippen LogP contribution in [0.5, 0.6) is 11.5 Å². The van der Waals surface area contributed by atoms with E-state index < -0.39 is 0 Å². The van der Waals surface area contributed by atoms with E-state index in [1.54, 1.807) is 14.2 Å². The summed E-state index contributed by atoms with van der Waals surface area (Å²) in [6, 6.07) is 5.99. The van der Waals surface area contributed by atoms with Crippen LogP contribution in [0, 0.1) is 0 Å². The van der Waals surface area contributed by atoms with Crippen LogP contribution in [-0.4, -0.2) is 27.4 Å². The largest absolute Gasteiger partial charge is 0.493 e. The third-order valence-electron chi connectivity index (χ3n) is 2.88. The Labute approximate surface area is 103 Å². The van der Waals surface area contributed by atoms with Crippen molar-refractivity contribution in [2.75, 3.05) is 27.4 Å². The third kappa shape index (κ3) is 3.35. The highest BCUT2D eigenvalue weighted by atomic mass is 16.5. The maximum Gasteiger partial charge on any atom is 0.161 e. The van der Waals surface area contributed by atoms with Crippen LogP contribution in [0.15, 0.2) is 18.2 Å². The number of methoxy groups -OCH3 is 2. The molecule has 4 nitrogen and oxygen atoms in total. The van der Waals surface area contributed by atoms with Gasteiger partial charge in [-0.25, -0.2) is 0 Å². The number of ether oxygens (including phenoxy) is 2. The quantitative estimate of drug-likeness (QED) is 0.737. The zero-order chi connectivity index (χ0) is 12.9. The van der Waals surface area contributed by atoms with E-state index >= 15 is 0 Å². The van der Waals surface area contributed by atoms with Gasteiger partial charge in [0, 0.05) is 18.6 Å². The second-order valence-corrected chi connectivity index (χ2v) is 4.58. The summed E-state index contributed by atoms with van der Waals surface area (Å²) in [6.45, 7) is 5.63. The standard InChI is InChI=1S/C13H22N2O2/c1-13(2,8-15-9-14)10-5-6-11(16-3)12(7-10)17-4/h5-7,15H,8-9,14H2,1-4H3. The lowest BCUT2D eigenvalue weighted by molar-refractivity contribution is 0.353. The molecule has 0 aromatic heterocycles. The Hall–Kier alpha value is -1.26. The Kier molecular flexibility index (Phi) is 4.78. The van der Waals surface area contributed by atoms with E-state index in [1.807, 2.05) is 12.1 Å². The van der Waals surface area contributed by atoms with Gasteiger partial charge < -0.3 is 20.5 Å². The first kappa shape index (κ1) is 13.8. The molecule has 1 aromatic rings. The van der Waals surface area contributed by atoms with Gasteiger partial charge in [0.15, 0.2) is 11.5 Å². The summed E-state index contributed by atoms with van der Waals surface area (Å²) in [7, 11) is 3.28. The first-order chi connectivity index (χ1) is 8.05. The van der Waals surface area contributed by atoms with Gasteiger partial charge in [-0.05, 0) is 17.7 Å². The summed E-state index contributed by atoms with van der Waals surface area (Å²) in [4.78, 5) is 0. The van der Waals surface area contributed by atoms with Crippen LogP contribution in [0.4, 0.5) is 0 Å². The highest BCUT2D eigenvalue weighted by Crippen LogP contribution is 2.32. The van der Waals surface area contributed by atoms with E-state index in [9.17, 15) is 0 Å². The molecular formula is C13H22N2O2. The molecule has 0 spiro atoms. The van der Waals surface area contributed by atoms with Crippen molar-refractivity contribution in [2.24, 2.45) is 5.73 Å². The molecule has 1 rings (SSSR count). The molecule has 17 heavy (non-hydrogen) atoms. The molecule has 4 heteroatoms. The third-order valence-corrected chi connectivity index (χ3v) is 2.88. The zero-order valence-electron chi connectivity index (χ0n) is 11.0. The summed E-state index contributed by atoms with van der Waals surface area (Å²) in [6.07, 6.45) is 0. The Morgan fingerprint density at radius 1 is 1.18 bits per heavy atom. The van der Waals surface area contributed by atoms with Gasteiger partial charge in [0.05, 0.1) is 14.2 Å². The van der Waals surface area contributed by atoms with Crippen LogP contribution in [0.3, 0.4) is 0 Å². The van der Waals surface area contributed by atoms with E-state index in [1.165, 1.54) is 5.56 Å². The Balaban J connectivity index is 2.98. The summed E-state index contributed by atoms with van der Waals surface area (Å²) in [5, 5.41) is 3.16. The van der Waals surface area contributed by atoms with E-state index in [0.717, 1.165) is 18.0 Å². The second-order valence-electron chi connectivity index (χ2n) is 4.58. The maximum absolute atomic E-state index is 5.46. The fraction of sp³-hybridized carbons (Fsp3) is 0.538. The molecule has 0 aliphatic heterocycles.